The van der Waals surface area contributed by atoms with Gasteiger partial charge >= 0.3 is 13.6 Å². The van der Waals surface area contributed by atoms with Gasteiger partial charge in [-0.1, -0.05) is 0 Å². The van der Waals surface area contributed by atoms with E-state index in [0.717, 1.165) is 0 Å². The fourth-order valence-corrected chi connectivity index (χ4v) is 0.814. The van der Waals surface area contributed by atoms with Crippen molar-refractivity contribution in [2.45, 2.75) is 25.4 Å². The molecular formula is C5H11O5P. The van der Waals surface area contributed by atoms with Gasteiger partial charge in [0.2, 0.25) is 0 Å². The molecule has 11 heavy (non-hydrogen) atoms. The van der Waals surface area contributed by atoms with Crippen molar-refractivity contribution < 1.29 is 24.3 Å². The van der Waals surface area contributed by atoms with E-state index in [0.29, 0.717) is 0 Å². The molecule has 0 saturated carbocycles. The number of rotatable bonds is 3. The van der Waals surface area contributed by atoms with Gasteiger partial charge in [-0.15, -0.1) is 0 Å². The lowest BCUT2D eigenvalue weighted by atomic mass is 10.1. The first kappa shape index (κ1) is 10.6. The standard InChI is InChI=1S/C5H11O5P/c1-5(2,3-4(6)7)11(8,9)10/h3H2,1-2H3,(H,6,7)(H2,8,9,10). The zero-order chi connectivity index (χ0) is 9.28. The molecule has 0 amide bonds. The van der Waals surface area contributed by atoms with Crippen LogP contribution in [0.2, 0.25) is 0 Å². The third-order valence-corrected chi connectivity index (χ3v) is 3.11. The highest BCUT2D eigenvalue weighted by Crippen LogP contribution is 2.51. The van der Waals surface area contributed by atoms with Crippen LogP contribution in [0.3, 0.4) is 0 Å². The van der Waals surface area contributed by atoms with Crippen LogP contribution in [0.15, 0.2) is 0 Å². The Labute approximate surface area is 64.2 Å². The van der Waals surface area contributed by atoms with E-state index in [-0.39, 0.29) is 0 Å². The monoisotopic (exact) mass is 182 g/mol. The largest absolute Gasteiger partial charge is 0.481 e. The molecule has 0 bridgehead atoms. The minimum atomic E-state index is -4.30. The summed E-state index contributed by atoms with van der Waals surface area (Å²) >= 11 is 0. The first-order valence-electron chi connectivity index (χ1n) is 2.94. The van der Waals surface area contributed by atoms with E-state index in [1.165, 1.54) is 13.8 Å². The molecule has 6 heteroatoms. The Morgan fingerprint density at radius 1 is 1.45 bits per heavy atom. The van der Waals surface area contributed by atoms with Gasteiger partial charge in [0.1, 0.15) is 0 Å². The van der Waals surface area contributed by atoms with Crippen LogP contribution in [0.25, 0.3) is 0 Å². The van der Waals surface area contributed by atoms with Crippen molar-refractivity contribution in [1.82, 2.24) is 0 Å². The van der Waals surface area contributed by atoms with Gasteiger partial charge in [0.05, 0.1) is 11.6 Å². The third-order valence-electron chi connectivity index (χ3n) is 1.37. The van der Waals surface area contributed by atoms with Crippen molar-refractivity contribution in [2.75, 3.05) is 0 Å². The molecule has 66 valence electrons. The van der Waals surface area contributed by atoms with Crippen LogP contribution in [-0.4, -0.2) is 26.0 Å². The van der Waals surface area contributed by atoms with Gasteiger partial charge in [-0.2, -0.15) is 0 Å². The van der Waals surface area contributed by atoms with E-state index >= 15 is 0 Å². The highest BCUT2D eigenvalue weighted by atomic mass is 31.2. The molecule has 5 nitrogen and oxygen atoms in total. The number of hydrogen-bond acceptors (Lipinski definition) is 2. The smallest absolute Gasteiger partial charge is 0.331 e. The lowest BCUT2D eigenvalue weighted by molar-refractivity contribution is -0.137. The minimum absolute atomic E-state index is 0.530. The first-order chi connectivity index (χ1) is 4.67. The van der Waals surface area contributed by atoms with E-state index < -0.39 is 25.1 Å². The molecule has 0 aliphatic rings. The normalized spacial score (nSPS) is 13.1. The van der Waals surface area contributed by atoms with Crippen molar-refractivity contribution in [2.24, 2.45) is 0 Å². The van der Waals surface area contributed by atoms with Crippen molar-refractivity contribution in [1.29, 1.82) is 0 Å². The van der Waals surface area contributed by atoms with Crippen LogP contribution in [-0.2, 0) is 9.36 Å². The summed E-state index contributed by atoms with van der Waals surface area (Å²) in [6, 6.07) is 0. The minimum Gasteiger partial charge on any atom is -0.481 e. The number of aliphatic carboxylic acids is 1. The number of carboxylic acids is 1. The van der Waals surface area contributed by atoms with Gasteiger partial charge in [-0.25, -0.2) is 0 Å². The van der Waals surface area contributed by atoms with Crippen LogP contribution in [0, 0.1) is 0 Å². The van der Waals surface area contributed by atoms with Crippen LogP contribution in [0.4, 0.5) is 0 Å². The Bertz CT molecular complexity index is 203. The predicted molar refractivity (Wildman–Crippen MR) is 38.4 cm³/mol. The zero-order valence-corrected chi connectivity index (χ0v) is 7.21. The maximum atomic E-state index is 10.6. The zero-order valence-electron chi connectivity index (χ0n) is 6.31. The maximum Gasteiger partial charge on any atom is 0.331 e. The molecule has 0 aromatic heterocycles. The first-order valence-corrected chi connectivity index (χ1v) is 4.55. The molecule has 0 atom stereocenters. The van der Waals surface area contributed by atoms with Gasteiger partial charge < -0.3 is 14.9 Å². The lowest BCUT2D eigenvalue weighted by Crippen LogP contribution is -2.23. The van der Waals surface area contributed by atoms with Crippen LogP contribution < -0.4 is 0 Å². The molecule has 0 aromatic carbocycles. The summed E-state index contributed by atoms with van der Waals surface area (Å²) in [6.07, 6.45) is -0.530. The van der Waals surface area contributed by atoms with E-state index in [4.69, 9.17) is 14.9 Å². The molecule has 0 aliphatic carbocycles. The Morgan fingerprint density at radius 3 is 1.91 bits per heavy atom. The SMILES string of the molecule is CC(C)(CC(=O)O)P(=O)(O)O. The van der Waals surface area contributed by atoms with E-state index in [1.54, 1.807) is 0 Å². The molecular weight excluding hydrogens is 171 g/mol. The van der Waals surface area contributed by atoms with Crippen LogP contribution in [0.5, 0.6) is 0 Å². The van der Waals surface area contributed by atoms with Gasteiger partial charge in [0.15, 0.2) is 0 Å². The fraction of sp³-hybridized carbons (Fsp3) is 0.800. The second-order valence-electron chi connectivity index (χ2n) is 2.93. The fourth-order valence-electron chi connectivity index (χ4n) is 0.473. The number of carbonyl (C=O) groups is 1. The van der Waals surface area contributed by atoms with E-state index in [2.05, 4.69) is 0 Å². The lowest BCUT2D eigenvalue weighted by Gasteiger charge is -2.23. The molecule has 3 N–H and O–H groups in total. The van der Waals surface area contributed by atoms with Crippen molar-refractivity contribution >= 4 is 13.6 Å². The molecule has 0 saturated heterocycles. The molecule has 0 unspecified atom stereocenters. The molecule has 0 fully saturated rings. The van der Waals surface area contributed by atoms with Gasteiger partial charge in [-0.3, -0.25) is 9.36 Å². The van der Waals surface area contributed by atoms with Gasteiger partial charge in [0, 0.05) is 0 Å². The Kier molecular flexibility index (Phi) is 2.83. The summed E-state index contributed by atoms with van der Waals surface area (Å²) in [4.78, 5) is 27.4. The summed E-state index contributed by atoms with van der Waals surface area (Å²) in [5.74, 6) is -1.21. The second-order valence-corrected chi connectivity index (χ2v) is 5.23. The summed E-state index contributed by atoms with van der Waals surface area (Å²) in [5.41, 5.74) is 0. The molecule has 0 rings (SSSR count). The average molecular weight is 182 g/mol. The molecule has 0 heterocycles. The number of hydrogen-bond donors (Lipinski definition) is 3. The molecule has 0 aromatic rings. The number of carboxylic acid groups (broad SMARTS) is 1. The molecule has 0 aliphatic heterocycles. The highest BCUT2D eigenvalue weighted by molar-refractivity contribution is 7.53. The maximum absolute atomic E-state index is 10.6. The topological polar surface area (TPSA) is 94.8 Å². The summed E-state index contributed by atoms with van der Waals surface area (Å²) in [6.45, 7) is 2.45. The van der Waals surface area contributed by atoms with E-state index in [9.17, 15) is 9.36 Å². The molecule has 0 radical (unpaired) electrons. The van der Waals surface area contributed by atoms with Gasteiger partial charge in [0.25, 0.3) is 0 Å². The predicted octanol–water partition coefficient (Wildman–Crippen LogP) is 0.417. The quantitative estimate of drug-likeness (QED) is 0.549. The van der Waals surface area contributed by atoms with Crippen LogP contribution in [0.1, 0.15) is 20.3 Å². The highest BCUT2D eigenvalue weighted by Gasteiger charge is 2.39. The Morgan fingerprint density at radius 2 is 1.82 bits per heavy atom. The van der Waals surface area contributed by atoms with Crippen LogP contribution >= 0.6 is 7.60 Å². The average Bonchev–Trinajstić information content (AvgIpc) is 1.56. The Hall–Kier alpha value is -0.380. The van der Waals surface area contributed by atoms with Crippen molar-refractivity contribution in [3.63, 3.8) is 0 Å². The summed E-state index contributed by atoms with van der Waals surface area (Å²) in [5, 5.41) is 6.80. The third kappa shape index (κ3) is 3.01. The van der Waals surface area contributed by atoms with E-state index in [1.807, 2.05) is 0 Å². The second kappa shape index (κ2) is 2.93. The van der Waals surface area contributed by atoms with Crippen molar-refractivity contribution in [3.8, 4) is 0 Å². The Balaban J connectivity index is 4.48. The summed E-state index contributed by atoms with van der Waals surface area (Å²) < 4.78 is 10.6. The summed E-state index contributed by atoms with van der Waals surface area (Å²) in [7, 11) is -4.30. The van der Waals surface area contributed by atoms with Crippen molar-refractivity contribution in [3.05, 3.63) is 0 Å². The molecule has 0 spiro atoms. The van der Waals surface area contributed by atoms with Gasteiger partial charge in [-0.05, 0) is 13.8 Å².